The van der Waals surface area contributed by atoms with Gasteiger partial charge in [0.1, 0.15) is 17.4 Å². The molecule has 0 amide bonds. The summed E-state index contributed by atoms with van der Waals surface area (Å²) in [7, 11) is 1.78. The van der Waals surface area contributed by atoms with Crippen LogP contribution in [0.4, 0.5) is 17.5 Å². The molecule has 140 valence electrons. The van der Waals surface area contributed by atoms with Crippen molar-refractivity contribution in [1.29, 1.82) is 0 Å². The third kappa shape index (κ3) is 4.26. The van der Waals surface area contributed by atoms with Crippen LogP contribution in [0.3, 0.4) is 0 Å². The highest BCUT2D eigenvalue weighted by atomic mass is 35.5. The first-order chi connectivity index (χ1) is 13.2. The summed E-state index contributed by atoms with van der Waals surface area (Å²) < 4.78 is 5.43. The van der Waals surface area contributed by atoms with Crippen molar-refractivity contribution in [3.05, 3.63) is 41.8 Å². The average molecular weight is 385 g/mol. The summed E-state index contributed by atoms with van der Waals surface area (Å²) in [5, 5.41) is 7.35. The van der Waals surface area contributed by atoms with E-state index in [0.717, 1.165) is 31.4 Å². The van der Waals surface area contributed by atoms with E-state index in [0.29, 0.717) is 40.0 Å². The van der Waals surface area contributed by atoms with Crippen molar-refractivity contribution in [1.82, 2.24) is 19.9 Å². The molecular formula is C19H21ClN6O. The fourth-order valence-corrected chi connectivity index (χ4v) is 3.53. The number of methoxy groups -OCH3 is 1. The van der Waals surface area contributed by atoms with Gasteiger partial charge in [-0.25, -0.2) is 19.9 Å². The Bertz CT molecular complexity index is 929. The molecule has 2 aromatic heterocycles. The molecule has 8 heteroatoms. The van der Waals surface area contributed by atoms with Gasteiger partial charge in [-0.1, -0.05) is 17.7 Å². The summed E-state index contributed by atoms with van der Waals surface area (Å²) in [6.45, 7) is 0. The number of hydrogen-bond acceptors (Lipinski definition) is 7. The van der Waals surface area contributed by atoms with Crippen LogP contribution in [0, 0.1) is 0 Å². The molecule has 1 saturated carbocycles. The number of anilines is 3. The Morgan fingerprint density at radius 2 is 1.96 bits per heavy atom. The summed E-state index contributed by atoms with van der Waals surface area (Å²) in [4.78, 5) is 17.7. The highest BCUT2D eigenvalue weighted by Gasteiger charge is 2.21. The smallest absolute Gasteiger partial charge is 0.223 e. The molecule has 0 unspecified atom stereocenters. The predicted molar refractivity (Wildman–Crippen MR) is 107 cm³/mol. The van der Waals surface area contributed by atoms with Crippen molar-refractivity contribution in [2.75, 3.05) is 17.7 Å². The second-order valence-electron chi connectivity index (χ2n) is 6.64. The fourth-order valence-electron chi connectivity index (χ4n) is 3.34. The Labute approximate surface area is 162 Å². The first-order valence-corrected chi connectivity index (χ1v) is 9.39. The van der Waals surface area contributed by atoms with Gasteiger partial charge < -0.3 is 15.4 Å². The summed E-state index contributed by atoms with van der Waals surface area (Å²) >= 11 is 6.07. The van der Waals surface area contributed by atoms with Crippen LogP contribution in [0.1, 0.15) is 25.7 Å². The number of aromatic nitrogens is 4. The minimum Gasteiger partial charge on any atom is -0.381 e. The summed E-state index contributed by atoms with van der Waals surface area (Å²) in [5.41, 5.74) is 2.19. The molecule has 2 heterocycles. The molecule has 2 N–H and O–H groups in total. The van der Waals surface area contributed by atoms with Gasteiger partial charge in [-0.15, -0.1) is 0 Å². The van der Waals surface area contributed by atoms with Gasteiger partial charge in [0.25, 0.3) is 0 Å². The normalized spacial score (nSPS) is 19.8. The minimum atomic E-state index is 0.350. The van der Waals surface area contributed by atoms with E-state index in [1.165, 1.54) is 6.33 Å². The molecule has 1 aliphatic rings. The van der Waals surface area contributed by atoms with Gasteiger partial charge in [0.2, 0.25) is 5.95 Å². The van der Waals surface area contributed by atoms with Crippen molar-refractivity contribution < 1.29 is 4.74 Å². The third-order valence-corrected chi connectivity index (χ3v) is 5.04. The van der Waals surface area contributed by atoms with Gasteiger partial charge in [-0.2, -0.15) is 0 Å². The Balaban J connectivity index is 1.56. The van der Waals surface area contributed by atoms with Crippen LogP contribution >= 0.6 is 11.6 Å². The lowest BCUT2D eigenvalue weighted by atomic mass is 9.93. The number of hydrogen-bond donors (Lipinski definition) is 2. The molecule has 27 heavy (non-hydrogen) atoms. The molecule has 0 saturated heterocycles. The van der Waals surface area contributed by atoms with E-state index < -0.39 is 0 Å². The topological polar surface area (TPSA) is 84.8 Å². The molecule has 0 bridgehead atoms. The summed E-state index contributed by atoms with van der Waals surface area (Å²) in [6.07, 6.45) is 7.76. The van der Waals surface area contributed by atoms with Gasteiger partial charge in [-0.05, 0) is 43.9 Å². The number of benzene rings is 1. The molecule has 7 nitrogen and oxygen atoms in total. The fraction of sp³-hybridized carbons (Fsp3) is 0.368. The number of fused-ring (bicyclic) bond motifs is 1. The molecule has 0 radical (unpaired) electrons. The number of halogens is 1. The van der Waals surface area contributed by atoms with Crippen molar-refractivity contribution in [3.8, 4) is 0 Å². The maximum Gasteiger partial charge on any atom is 0.223 e. The highest BCUT2D eigenvalue weighted by Crippen LogP contribution is 2.26. The van der Waals surface area contributed by atoms with Gasteiger partial charge >= 0.3 is 0 Å². The van der Waals surface area contributed by atoms with Crippen LogP contribution in [0.25, 0.3) is 11.0 Å². The molecule has 3 aromatic rings. The molecule has 0 atom stereocenters. The molecule has 1 aliphatic carbocycles. The summed E-state index contributed by atoms with van der Waals surface area (Å²) in [6, 6.07) is 7.82. The van der Waals surface area contributed by atoms with E-state index >= 15 is 0 Å². The number of rotatable bonds is 5. The Morgan fingerprint density at radius 3 is 2.74 bits per heavy atom. The SMILES string of the molecule is CO[C@H]1CC[C@H](Nc2ncc3ncnc(Nc4cccc(Cl)c4)c3n2)CC1. The second kappa shape index (κ2) is 8.02. The third-order valence-electron chi connectivity index (χ3n) is 4.81. The van der Waals surface area contributed by atoms with Crippen LogP contribution in [0.5, 0.6) is 0 Å². The number of nitrogens with zero attached hydrogens (tertiary/aromatic N) is 4. The van der Waals surface area contributed by atoms with Crippen molar-refractivity contribution >= 4 is 40.1 Å². The van der Waals surface area contributed by atoms with E-state index in [1.54, 1.807) is 13.3 Å². The minimum absolute atomic E-state index is 0.350. The predicted octanol–water partition coefficient (Wildman–Crippen LogP) is 4.19. The number of nitrogens with one attached hydrogen (secondary N) is 2. The van der Waals surface area contributed by atoms with Crippen molar-refractivity contribution in [3.63, 3.8) is 0 Å². The quantitative estimate of drug-likeness (QED) is 0.682. The Morgan fingerprint density at radius 1 is 1.11 bits per heavy atom. The van der Waals surface area contributed by atoms with E-state index in [4.69, 9.17) is 16.3 Å². The van der Waals surface area contributed by atoms with Crippen LogP contribution < -0.4 is 10.6 Å². The van der Waals surface area contributed by atoms with Crippen LogP contribution in [0.15, 0.2) is 36.8 Å². The largest absolute Gasteiger partial charge is 0.381 e. The highest BCUT2D eigenvalue weighted by molar-refractivity contribution is 6.30. The van der Waals surface area contributed by atoms with Crippen LogP contribution in [-0.2, 0) is 4.74 Å². The van der Waals surface area contributed by atoms with Crippen molar-refractivity contribution in [2.45, 2.75) is 37.8 Å². The zero-order chi connectivity index (χ0) is 18.6. The van der Waals surface area contributed by atoms with Gasteiger partial charge in [0.05, 0.1) is 12.3 Å². The lowest BCUT2D eigenvalue weighted by Crippen LogP contribution is -2.29. The molecular weight excluding hydrogens is 364 g/mol. The van der Waals surface area contributed by atoms with Crippen LogP contribution in [-0.4, -0.2) is 39.2 Å². The monoisotopic (exact) mass is 384 g/mol. The maximum atomic E-state index is 6.07. The lowest BCUT2D eigenvalue weighted by Gasteiger charge is -2.28. The Hall–Kier alpha value is -2.51. The lowest BCUT2D eigenvalue weighted by molar-refractivity contribution is 0.0681. The molecule has 0 aliphatic heterocycles. The van der Waals surface area contributed by atoms with E-state index in [-0.39, 0.29) is 0 Å². The first kappa shape index (κ1) is 17.9. The zero-order valence-corrected chi connectivity index (χ0v) is 15.8. The van der Waals surface area contributed by atoms with Crippen molar-refractivity contribution in [2.24, 2.45) is 0 Å². The van der Waals surface area contributed by atoms with E-state index in [1.807, 2.05) is 24.3 Å². The zero-order valence-electron chi connectivity index (χ0n) is 15.0. The van der Waals surface area contributed by atoms with E-state index in [2.05, 4.69) is 30.6 Å². The maximum absolute atomic E-state index is 6.07. The standard InChI is InChI=1S/C19H21ClN6O/c1-27-15-7-5-13(6-8-15)25-19-21-10-16-17(26-19)18(23-11-22-16)24-14-4-2-3-12(20)9-14/h2-4,9-11,13,15H,5-8H2,1H3,(H,21,25,26)(H,22,23,24)/t13-,15-. The second-order valence-corrected chi connectivity index (χ2v) is 7.08. The van der Waals surface area contributed by atoms with Gasteiger partial charge in [0.15, 0.2) is 5.82 Å². The number of ether oxygens (including phenoxy) is 1. The van der Waals surface area contributed by atoms with E-state index in [9.17, 15) is 0 Å². The Kier molecular flexibility index (Phi) is 5.31. The van der Waals surface area contributed by atoms with Crippen LogP contribution in [0.2, 0.25) is 5.02 Å². The van der Waals surface area contributed by atoms with Gasteiger partial charge in [0, 0.05) is 23.9 Å². The molecule has 1 aromatic carbocycles. The molecule has 1 fully saturated rings. The van der Waals surface area contributed by atoms with Gasteiger partial charge in [-0.3, -0.25) is 0 Å². The molecule has 0 spiro atoms. The molecule has 4 rings (SSSR count). The summed E-state index contributed by atoms with van der Waals surface area (Å²) in [5.74, 6) is 1.21. The first-order valence-electron chi connectivity index (χ1n) is 9.01. The average Bonchev–Trinajstić information content (AvgIpc) is 2.69.